The van der Waals surface area contributed by atoms with E-state index in [4.69, 9.17) is 16.7 Å². The third-order valence-electron chi connectivity index (χ3n) is 0.842. The molecule has 1 aromatic rings. The standard InChI is InChI=1S/C6H3ClFO/c7-4-1-2-6(9)5(8)3-4/h1-2,9H. The molecule has 0 heterocycles. The first-order valence-electron chi connectivity index (χ1n) is 2.26. The minimum atomic E-state index is -0.817. The number of benzene rings is 1. The van der Waals surface area contributed by atoms with E-state index >= 15 is 0 Å². The van der Waals surface area contributed by atoms with Gasteiger partial charge in [0, 0.05) is 6.07 Å². The summed E-state index contributed by atoms with van der Waals surface area (Å²) in [5, 5.41) is 8.74. The van der Waals surface area contributed by atoms with E-state index in [1.807, 2.05) is 0 Å². The van der Waals surface area contributed by atoms with E-state index in [9.17, 15) is 4.39 Å². The quantitative estimate of drug-likeness (QED) is 0.592. The van der Waals surface area contributed by atoms with Crippen molar-refractivity contribution < 1.29 is 9.50 Å². The maximum Gasteiger partial charge on any atom is 0.174 e. The van der Waals surface area contributed by atoms with Gasteiger partial charge in [-0.2, -0.15) is 0 Å². The van der Waals surface area contributed by atoms with Crippen molar-refractivity contribution in [3.05, 3.63) is 29.0 Å². The SMILES string of the molecule is Oc1ccc(Cl)[c]c1F. The monoisotopic (exact) mass is 145 g/mol. The van der Waals surface area contributed by atoms with Gasteiger partial charge in [-0.1, -0.05) is 11.6 Å². The molecule has 1 radical (unpaired) electrons. The van der Waals surface area contributed by atoms with Crippen molar-refractivity contribution in [2.45, 2.75) is 0 Å². The number of aromatic hydroxyl groups is 1. The Morgan fingerprint density at radius 2 is 2.22 bits per heavy atom. The molecule has 0 saturated heterocycles. The molecule has 0 bridgehead atoms. The highest BCUT2D eigenvalue weighted by molar-refractivity contribution is 6.30. The van der Waals surface area contributed by atoms with E-state index in [1.54, 1.807) is 0 Å². The van der Waals surface area contributed by atoms with Crippen LogP contribution in [0.15, 0.2) is 12.1 Å². The summed E-state index contributed by atoms with van der Waals surface area (Å²) in [7, 11) is 0. The molecule has 3 heteroatoms. The molecule has 0 aliphatic carbocycles. The Morgan fingerprint density at radius 3 is 2.67 bits per heavy atom. The van der Waals surface area contributed by atoms with E-state index in [0.29, 0.717) is 0 Å². The molecule has 0 atom stereocenters. The lowest BCUT2D eigenvalue weighted by molar-refractivity contribution is 0.432. The van der Waals surface area contributed by atoms with Crippen LogP contribution in [0.3, 0.4) is 0 Å². The van der Waals surface area contributed by atoms with Crippen LogP contribution in [0, 0.1) is 11.9 Å². The van der Waals surface area contributed by atoms with Crippen LogP contribution in [0.1, 0.15) is 0 Å². The number of hydrogen-bond donors (Lipinski definition) is 1. The first-order chi connectivity index (χ1) is 4.20. The van der Waals surface area contributed by atoms with E-state index in [-0.39, 0.29) is 5.02 Å². The average molecular weight is 146 g/mol. The third-order valence-corrected chi connectivity index (χ3v) is 1.06. The lowest BCUT2D eigenvalue weighted by Crippen LogP contribution is -1.74. The van der Waals surface area contributed by atoms with Crippen molar-refractivity contribution in [2.24, 2.45) is 0 Å². The second kappa shape index (κ2) is 2.23. The van der Waals surface area contributed by atoms with Crippen LogP contribution in [-0.2, 0) is 0 Å². The summed E-state index contributed by atoms with van der Waals surface area (Å²) < 4.78 is 12.2. The highest BCUT2D eigenvalue weighted by Crippen LogP contribution is 2.17. The van der Waals surface area contributed by atoms with E-state index in [0.717, 1.165) is 0 Å². The third kappa shape index (κ3) is 1.33. The summed E-state index contributed by atoms with van der Waals surface area (Å²) in [5.41, 5.74) is 0. The molecule has 0 unspecified atom stereocenters. The molecule has 9 heavy (non-hydrogen) atoms. The lowest BCUT2D eigenvalue weighted by atomic mass is 10.3. The molecule has 0 spiro atoms. The zero-order valence-electron chi connectivity index (χ0n) is 4.36. The molecule has 1 rings (SSSR count). The average Bonchev–Trinajstić information content (AvgIpc) is 1.80. The zero-order chi connectivity index (χ0) is 6.85. The van der Waals surface area contributed by atoms with E-state index in [1.165, 1.54) is 12.1 Å². The Kier molecular flexibility index (Phi) is 1.58. The smallest absolute Gasteiger partial charge is 0.174 e. The topological polar surface area (TPSA) is 20.2 Å². The largest absolute Gasteiger partial charge is 0.505 e. The van der Waals surface area contributed by atoms with Crippen molar-refractivity contribution >= 4 is 11.6 Å². The van der Waals surface area contributed by atoms with Gasteiger partial charge in [0.25, 0.3) is 0 Å². The molecule has 0 aromatic heterocycles. The number of phenolic OH excluding ortho intramolecular Hbond substituents is 1. The molecular formula is C6H3ClFO. The fourth-order valence-electron chi connectivity index (χ4n) is 0.436. The van der Waals surface area contributed by atoms with Crippen molar-refractivity contribution in [1.82, 2.24) is 0 Å². The molecule has 0 fully saturated rings. The van der Waals surface area contributed by atoms with E-state index < -0.39 is 11.6 Å². The van der Waals surface area contributed by atoms with E-state index in [2.05, 4.69) is 6.07 Å². The van der Waals surface area contributed by atoms with Crippen LogP contribution in [0.5, 0.6) is 5.75 Å². The predicted molar refractivity (Wildman–Crippen MR) is 31.9 cm³/mol. The van der Waals surface area contributed by atoms with Crippen molar-refractivity contribution in [1.29, 1.82) is 0 Å². The van der Waals surface area contributed by atoms with Gasteiger partial charge in [-0.25, -0.2) is 4.39 Å². The van der Waals surface area contributed by atoms with Crippen molar-refractivity contribution in [3.63, 3.8) is 0 Å². The Bertz CT molecular complexity index is 224. The van der Waals surface area contributed by atoms with Gasteiger partial charge in [0.2, 0.25) is 0 Å². The molecule has 1 aromatic carbocycles. The number of rotatable bonds is 0. The number of halogens is 2. The highest BCUT2D eigenvalue weighted by atomic mass is 35.5. The highest BCUT2D eigenvalue weighted by Gasteiger charge is 1.98. The predicted octanol–water partition coefficient (Wildman–Crippen LogP) is 1.98. The van der Waals surface area contributed by atoms with Gasteiger partial charge in [0.15, 0.2) is 11.6 Å². The maximum absolute atomic E-state index is 12.2. The Morgan fingerprint density at radius 1 is 1.56 bits per heavy atom. The summed E-state index contributed by atoms with van der Waals surface area (Å²) in [4.78, 5) is 0. The van der Waals surface area contributed by atoms with Gasteiger partial charge < -0.3 is 5.11 Å². The fourth-order valence-corrected chi connectivity index (χ4v) is 0.582. The fraction of sp³-hybridized carbons (Fsp3) is 0. The van der Waals surface area contributed by atoms with Gasteiger partial charge >= 0.3 is 0 Å². The summed E-state index contributed by atoms with van der Waals surface area (Å²) >= 11 is 5.31. The van der Waals surface area contributed by atoms with Gasteiger partial charge in [-0.15, -0.1) is 0 Å². The minimum Gasteiger partial charge on any atom is -0.505 e. The summed E-state index contributed by atoms with van der Waals surface area (Å²) in [6, 6.07) is 4.62. The molecule has 47 valence electrons. The van der Waals surface area contributed by atoms with Crippen LogP contribution < -0.4 is 0 Å². The molecular weight excluding hydrogens is 143 g/mol. The zero-order valence-corrected chi connectivity index (χ0v) is 5.11. The molecule has 1 N–H and O–H groups in total. The Labute approximate surface area is 56.7 Å². The van der Waals surface area contributed by atoms with Gasteiger partial charge in [0.1, 0.15) is 0 Å². The Balaban J connectivity index is 3.17. The normalized spacial score (nSPS) is 9.56. The molecule has 1 nitrogen and oxygen atoms in total. The molecule has 0 saturated carbocycles. The summed E-state index contributed by atoms with van der Waals surface area (Å²) in [5.74, 6) is -1.25. The maximum atomic E-state index is 12.2. The van der Waals surface area contributed by atoms with Gasteiger partial charge in [-0.3, -0.25) is 0 Å². The second-order valence-corrected chi connectivity index (χ2v) is 1.91. The van der Waals surface area contributed by atoms with Gasteiger partial charge in [0.05, 0.1) is 5.02 Å². The minimum absolute atomic E-state index is 0.158. The van der Waals surface area contributed by atoms with Crippen molar-refractivity contribution in [2.75, 3.05) is 0 Å². The first-order valence-corrected chi connectivity index (χ1v) is 2.64. The van der Waals surface area contributed by atoms with Crippen LogP contribution >= 0.6 is 11.6 Å². The van der Waals surface area contributed by atoms with Crippen LogP contribution in [0.2, 0.25) is 5.02 Å². The second-order valence-electron chi connectivity index (χ2n) is 1.51. The molecule has 0 aliphatic rings. The summed E-state index contributed by atoms with van der Waals surface area (Å²) in [6.07, 6.45) is 0. The molecule has 0 aliphatic heterocycles. The van der Waals surface area contributed by atoms with Crippen LogP contribution in [0.4, 0.5) is 4.39 Å². The van der Waals surface area contributed by atoms with Crippen LogP contribution in [-0.4, -0.2) is 5.11 Å². The Hall–Kier alpha value is -0.760. The first kappa shape index (κ1) is 6.36. The lowest BCUT2D eigenvalue weighted by Gasteiger charge is -1.91. The number of hydrogen-bond acceptors (Lipinski definition) is 1. The van der Waals surface area contributed by atoms with Gasteiger partial charge in [-0.05, 0) is 12.1 Å². The molecule has 0 amide bonds. The summed E-state index contributed by atoms with van der Waals surface area (Å²) in [6.45, 7) is 0. The van der Waals surface area contributed by atoms with Crippen LogP contribution in [0.25, 0.3) is 0 Å². The van der Waals surface area contributed by atoms with Crippen molar-refractivity contribution in [3.8, 4) is 5.75 Å². The number of phenols is 1.